The van der Waals surface area contributed by atoms with E-state index >= 15 is 0 Å². The number of halogens is 2. The highest BCUT2D eigenvalue weighted by molar-refractivity contribution is 8.00. The lowest BCUT2D eigenvalue weighted by molar-refractivity contribution is -0.515. The average Bonchev–Trinajstić information content (AvgIpc) is 4.15. The fourth-order valence-electron chi connectivity index (χ4n) is 10.0. The Labute approximate surface area is 458 Å². The molecule has 4 aliphatic heterocycles. The molecule has 22 nitrogen and oxygen atoms in total. The standard InChI is InChI=1S/C53H66F2N7O15PS/c1-4-75-78(73,76-5-2)53(3)31(18-22-62(53)72)28-74-52(71)60-38(13-9-12-19-56-45(65)15-8-7-14-44-47-39(29-79-44)59-51(70)61-47)49(67)58-21-11-6-10-20-57-48(66)30-16-17-32(33(23-30)50(68)69)46-34-24-36(54)40(63)26-42(34)77-43-27-41(64)37(55)25-35(43)46/h16-17,22-27,31,38-39,44,47,63H,4-15,18-21,28-29H2,1-3H3,(H,56,65)(H,57,66)(H,58,67)(H,60,71)(H,68,69)(H2,59,61,70)/t31-,38?,39?,44-,47?,53+/m1/s1. The summed E-state index contributed by atoms with van der Waals surface area (Å²) in [6.45, 7) is 5.01. The number of phenols is 1. The first-order valence-electron chi connectivity index (χ1n) is 26.4. The number of aromatic carboxylic acids is 1. The maximum Gasteiger partial charge on any atom is 0.407 e. The number of hydrogen-bond acceptors (Lipinski definition) is 15. The number of carbonyl (C=O) groups excluding carboxylic acids is 5. The van der Waals surface area contributed by atoms with Gasteiger partial charge >= 0.3 is 25.7 Å². The van der Waals surface area contributed by atoms with E-state index in [2.05, 4.69) is 31.9 Å². The lowest BCUT2D eigenvalue weighted by Crippen LogP contribution is -2.48. The van der Waals surface area contributed by atoms with Crippen molar-refractivity contribution in [2.45, 2.75) is 120 Å². The first-order valence-corrected chi connectivity index (χ1v) is 29.0. The lowest BCUT2D eigenvalue weighted by atomic mass is 9.89. The second kappa shape index (κ2) is 26.9. The predicted molar refractivity (Wildman–Crippen MR) is 288 cm³/mol. The van der Waals surface area contributed by atoms with Gasteiger partial charge in [-0.3, -0.25) is 23.7 Å². The van der Waals surface area contributed by atoms with Crippen molar-refractivity contribution in [3.63, 3.8) is 0 Å². The van der Waals surface area contributed by atoms with E-state index in [0.717, 1.165) is 48.9 Å². The van der Waals surface area contributed by atoms with Crippen LogP contribution in [0.3, 0.4) is 0 Å². The van der Waals surface area contributed by atoms with E-state index in [1.807, 2.05) is 11.8 Å². The van der Waals surface area contributed by atoms with Crippen LogP contribution in [0.25, 0.3) is 33.4 Å². The Bertz CT molecular complexity index is 3030. The summed E-state index contributed by atoms with van der Waals surface area (Å²) in [5, 5.41) is 48.9. The van der Waals surface area contributed by atoms with Gasteiger partial charge in [0.25, 0.3) is 11.2 Å². The Balaban J connectivity index is 0.898. The normalized spacial score (nSPS) is 20.0. The molecule has 2 fully saturated rings. The van der Waals surface area contributed by atoms with Crippen LogP contribution in [0.15, 0.2) is 51.7 Å². The van der Waals surface area contributed by atoms with E-state index in [1.54, 1.807) is 13.8 Å². The first-order chi connectivity index (χ1) is 37.8. The molecule has 4 heterocycles. The van der Waals surface area contributed by atoms with Gasteiger partial charge in [0.1, 0.15) is 24.0 Å². The number of fused-ring (bicyclic) bond motifs is 3. The number of carboxylic acid groups (broad SMARTS) is 1. The Morgan fingerprint density at radius 1 is 0.911 bits per heavy atom. The van der Waals surface area contributed by atoms with Gasteiger partial charge in [0.15, 0.2) is 23.6 Å². The largest absolute Gasteiger partial charge is 0.623 e. The molecule has 0 spiro atoms. The maximum absolute atomic E-state index is 14.7. The molecule has 2 aromatic rings. The van der Waals surface area contributed by atoms with Crippen molar-refractivity contribution in [1.82, 2.24) is 31.9 Å². The number of hydrogen-bond donors (Lipinski definition) is 8. The van der Waals surface area contributed by atoms with Gasteiger partial charge < -0.3 is 65.5 Å². The molecule has 5 aliphatic rings. The van der Waals surface area contributed by atoms with Gasteiger partial charge in [0.2, 0.25) is 17.2 Å². The fraction of sp³-hybridized carbons (Fsp3) is 0.509. The molecule has 6 amide bonds. The Morgan fingerprint density at radius 3 is 2.37 bits per heavy atom. The molecule has 3 unspecified atom stereocenters. The number of phenolic OH excluding ortho intramolecular Hbond substituents is 1. The minimum absolute atomic E-state index is 0.00452. The van der Waals surface area contributed by atoms with E-state index in [9.17, 15) is 62.3 Å². The zero-order valence-electron chi connectivity index (χ0n) is 44.0. The Kier molecular flexibility index (Phi) is 20.4. The third-order valence-corrected chi connectivity index (χ3v) is 18.7. The van der Waals surface area contributed by atoms with Crippen molar-refractivity contribution in [1.29, 1.82) is 0 Å². The van der Waals surface area contributed by atoms with Gasteiger partial charge in [0, 0.05) is 84.6 Å². The number of rotatable bonds is 28. The molecule has 0 bridgehead atoms. The zero-order valence-corrected chi connectivity index (χ0v) is 45.7. The summed E-state index contributed by atoms with van der Waals surface area (Å²) in [5.41, 5.74) is -1.71. The molecule has 26 heteroatoms. The van der Waals surface area contributed by atoms with Crippen LogP contribution in [-0.4, -0.2) is 131 Å². The molecule has 8 N–H and O–H groups in total. The summed E-state index contributed by atoms with van der Waals surface area (Å²) in [4.78, 5) is 89.4. The third-order valence-electron chi connectivity index (χ3n) is 14.3. The Hall–Kier alpha value is -6.82. The van der Waals surface area contributed by atoms with Crippen LogP contribution in [0.4, 0.5) is 18.4 Å². The number of carboxylic acids is 1. The lowest BCUT2D eigenvalue weighted by Gasteiger charge is -2.34. The number of amides is 6. The molecule has 2 aromatic carbocycles. The van der Waals surface area contributed by atoms with Crippen molar-refractivity contribution >= 4 is 72.4 Å². The van der Waals surface area contributed by atoms with Crippen LogP contribution in [0.5, 0.6) is 5.75 Å². The quantitative estimate of drug-likeness (QED) is 0.00712. The zero-order chi connectivity index (χ0) is 57.0. The summed E-state index contributed by atoms with van der Waals surface area (Å²) in [6, 6.07) is 6.31. The van der Waals surface area contributed by atoms with Gasteiger partial charge in [-0.25, -0.2) is 23.2 Å². The highest BCUT2D eigenvalue weighted by Gasteiger charge is 2.63. The molecule has 428 valence electrons. The van der Waals surface area contributed by atoms with Gasteiger partial charge in [-0.15, -0.1) is 0 Å². The second-order valence-electron chi connectivity index (χ2n) is 19.6. The smallest absolute Gasteiger partial charge is 0.407 e. The highest BCUT2D eigenvalue weighted by Crippen LogP contribution is 2.64. The predicted octanol–water partition coefficient (Wildman–Crippen LogP) is 6.95. The number of unbranched alkanes of at least 4 members (excludes halogenated alkanes) is 4. The van der Waals surface area contributed by atoms with Gasteiger partial charge in [-0.05, 0) is 95.0 Å². The summed E-state index contributed by atoms with van der Waals surface area (Å²) >= 11 is 1.82. The fourth-order valence-corrected chi connectivity index (χ4v) is 13.8. The third kappa shape index (κ3) is 14.1. The highest BCUT2D eigenvalue weighted by atomic mass is 32.2. The number of nitrogens with one attached hydrogen (secondary N) is 6. The molecule has 2 saturated heterocycles. The van der Waals surface area contributed by atoms with Crippen LogP contribution in [-0.2, 0) is 27.9 Å². The van der Waals surface area contributed by atoms with Crippen LogP contribution in [0.1, 0.15) is 112 Å². The molecule has 79 heavy (non-hydrogen) atoms. The number of urea groups is 1. The topological polar surface area (TPSA) is 316 Å². The minimum atomic E-state index is -4.03. The van der Waals surface area contributed by atoms with Crippen LogP contribution in [0, 0.1) is 22.8 Å². The van der Waals surface area contributed by atoms with Crippen molar-refractivity contribution < 1.29 is 75.3 Å². The van der Waals surface area contributed by atoms with E-state index in [0.29, 0.717) is 61.5 Å². The SMILES string of the molecule is CCOP(=O)(OCC)[C@@]1(C)[C@@H](COC(=O)NC(CCCCNC(=O)CCCC[C@H]2SCC3NC(=O)NC32)C(=O)NCCCCCNC(=O)c2ccc(-c3c4cc(F)c(=O)cc-4oc4cc(O)c(F)cc34)c(C(=O)O)c2)CC=[N+]1[O-]. The number of benzene rings is 3. The van der Waals surface area contributed by atoms with Crippen molar-refractivity contribution in [3.05, 3.63) is 80.7 Å². The van der Waals surface area contributed by atoms with E-state index in [4.69, 9.17) is 18.2 Å². The van der Waals surface area contributed by atoms with Crippen LogP contribution >= 0.6 is 19.4 Å². The van der Waals surface area contributed by atoms with Crippen molar-refractivity contribution in [2.75, 3.05) is 45.2 Å². The van der Waals surface area contributed by atoms with Crippen molar-refractivity contribution in [2.24, 2.45) is 5.92 Å². The van der Waals surface area contributed by atoms with Crippen LogP contribution < -0.4 is 37.3 Å². The summed E-state index contributed by atoms with van der Waals surface area (Å²) in [5.74, 6) is -5.81. The monoisotopic (exact) mass is 1140 g/mol. The summed E-state index contributed by atoms with van der Waals surface area (Å²) < 4.78 is 66.0. The van der Waals surface area contributed by atoms with Gasteiger partial charge in [0.05, 0.1) is 36.8 Å². The molecule has 0 aromatic heterocycles. The number of hydroxylamine groups is 1. The molecular weight excluding hydrogens is 1080 g/mol. The number of ether oxygens (including phenoxy) is 1. The molecule has 1 aliphatic carbocycles. The van der Waals surface area contributed by atoms with Gasteiger partial charge in [-0.2, -0.15) is 16.5 Å². The molecule has 0 radical (unpaired) electrons. The average molecular weight is 1140 g/mol. The number of carbonyl (C=O) groups is 6. The Morgan fingerprint density at radius 2 is 1.63 bits per heavy atom. The summed E-state index contributed by atoms with van der Waals surface area (Å²) in [6.07, 6.45) is 5.71. The molecule has 6 atom stereocenters. The number of nitrogens with zero attached hydrogens (tertiary/aromatic N) is 1. The number of alkyl carbamates (subject to hydrolysis) is 1. The molecule has 0 saturated carbocycles. The minimum Gasteiger partial charge on any atom is -0.623 e. The first kappa shape index (κ1) is 59.8. The van der Waals surface area contributed by atoms with E-state index in [-0.39, 0.29) is 109 Å². The van der Waals surface area contributed by atoms with E-state index in [1.165, 1.54) is 25.3 Å². The molecular formula is C53H66F2N7O15PS. The van der Waals surface area contributed by atoms with Gasteiger partial charge in [-0.1, -0.05) is 12.5 Å². The van der Waals surface area contributed by atoms with E-state index < -0.39 is 77.1 Å². The number of aromatic hydroxyl groups is 1. The van der Waals surface area contributed by atoms with Crippen LogP contribution in [0.2, 0.25) is 0 Å². The molecule has 7 rings (SSSR count). The second-order valence-corrected chi connectivity index (χ2v) is 23.3. The van der Waals surface area contributed by atoms with Crippen molar-refractivity contribution in [3.8, 4) is 28.2 Å². The number of thioether (sulfide) groups is 1. The maximum atomic E-state index is 14.7. The summed E-state index contributed by atoms with van der Waals surface area (Å²) in [7, 11) is -4.03.